The number of allylic oxidation sites excluding steroid dienone is 4. The lowest BCUT2D eigenvalue weighted by molar-refractivity contribution is -0.113. The van der Waals surface area contributed by atoms with E-state index in [-0.39, 0.29) is 11.2 Å². The second-order valence-corrected chi connectivity index (χ2v) is 5.19. The van der Waals surface area contributed by atoms with Gasteiger partial charge in [0.15, 0.2) is 5.78 Å². The Morgan fingerprint density at radius 3 is 2.47 bits per heavy atom. The zero-order valence-electron chi connectivity index (χ0n) is 10.6. The molecule has 1 rings (SSSR count). The molecule has 0 aromatic heterocycles. The number of ketones is 1. The largest absolute Gasteiger partial charge is 0.289 e. The zero-order chi connectivity index (χ0) is 11.6. The maximum atomic E-state index is 12.2. The topological polar surface area (TPSA) is 17.1 Å². The summed E-state index contributed by atoms with van der Waals surface area (Å²) < 4.78 is 0. The number of hydrogen-bond donors (Lipinski definition) is 0. The van der Waals surface area contributed by atoms with Crippen molar-refractivity contribution in [2.45, 2.75) is 53.9 Å². The van der Waals surface area contributed by atoms with Crippen molar-refractivity contribution >= 4 is 5.78 Å². The first kappa shape index (κ1) is 12.2. The zero-order valence-corrected chi connectivity index (χ0v) is 10.6. The van der Waals surface area contributed by atoms with Gasteiger partial charge in [0, 0.05) is 5.57 Å². The first-order valence-electron chi connectivity index (χ1n) is 5.78. The van der Waals surface area contributed by atoms with E-state index in [1.165, 1.54) is 12.0 Å². The summed E-state index contributed by atoms with van der Waals surface area (Å²) >= 11 is 0. The van der Waals surface area contributed by atoms with Gasteiger partial charge in [-0.15, -0.1) is 0 Å². The average Bonchev–Trinajstić information content (AvgIpc) is 2.14. The molecule has 1 heteroatoms. The molecule has 0 bridgehead atoms. The molecule has 0 aliphatic heterocycles. The standard InChI is InChI=1S/C14H22O/c1-6-10(2)13(15)12-11(3)8-7-9-14(12,4)5/h6H,7-9H2,1-5H3. The molecule has 0 heterocycles. The molecule has 0 fully saturated rings. The average molecular weight is 206 g/mol. The van der Waals surface area contributed by atoms with Crippen molar-refractivity contribution < 1.29 is 4.79 Å². The van der Waals surface area contributed by atoms with Crippen molar-refractivity contribution in [2.75, 3.05) is 0 Å². The minimum absolute atomic E-state index is 0.0592. The first-order chi connectivity index (χ1) is 6.90. The highest BCUT2D eigenvalue weighted by Crippen LogP contribution is 2.41. The Bertz CT molecular complexity index is 329. The fourth-order valence-corrected chi connectivity index (χ4v) is 2.45. The molecule has 0 unspecified atom stereocenters. The maximum Gasteiger partial charge on any atom is 0.184 e. The fourth-order valence-electron chi connectivity index (χ4n) is 2.45. The molecule has 0 radical (unpaired) electrons. The summed E-state index contributed by atoms with van der Waals surface area (Å²) in [5, 5.41) is 0. The van der Waals surface area contributed by atoms with E-state index in [1.807, 2.05) is 19.9 Å². The number of carbonyl (C=O) groups is 1. The van der Waals surface area contributed by atoms with Crippen LogP contribution in [-0.4, -0.2) is 5.78 Å². The van der Waals surface area contributed by atoms with Crippen molar-refractivity contribution in [3.63, 3.8) is 0 Å². The Hall–Kier alpha value is -0.850. The molecule has 84 valence electrons. The molecule has 0 N–H and O–H groups in total. The van der Waals surface area contributed by atoms with Crippen molar-refractivity contribution in [2.24, 2.45) is 5.41 Å². The highest BCUT2D eigenvalue weighted by molar-refractivity contribution is 6.09. The highest BCUT2D eigenvalue weighted by Gasteiger charge is 2.32. The summed E-state index contributed by atoms with van der Waals surface area (Å²) in [7, 11) is 0. The minimum atomic E-state index is 0.0592. The van der Waals surface area contributed by atoms with Crippen LogP contribution in [0.5, 0.6) is 0 Å². The molecule has 0 amide bonds. The van der Waals surface area contributed by atoms with E-state index in [1.54, 1.807) is 0 Å². The van der Waals surface area contributed by atoms with Gasteiger partial charge >= 0.3 is 0 Å². The number of hydrogen-bond acceptors (Lipinski definition) is 1. The third-order valence-electron chi connectivity index (χ3n) is 3.48. The predicted molar refractivity (Wildman–Crippen MR) is 64.8 cm³/mol. The summed E-state index contributed by atoms with van der Waals surface area (Å²) in [6, 6.07) is 0. The molecule has 1 aliphatic carbocycles. The first-order valence-corrected chi connectivity index (χ1v) is 5.78. The van der Waals surface area contributed by atoms with Crippen molar-refractivity contribution in [1.29, 1.82) is 0 Å². The van der Waals surface area contributed by atoms with Crippen LogP contribution in [0, 0.1) is 5.41 Å². The van der Waals surface area contributed by atoms with Crippen molar-refractivity contribution in [3.05, 3.63) is 22.8 Å². The lowest BCUT2D eigenvalue weighted by Crippen LogP contribution is -2.26. The van der Waals surface area contributed by atoms with E-state index < -0.39 is 0 Å². The van der Waals surface area contributed by atoms with E-state index in [2.05, 4.69) is 20.8 Å². The number of Topliss-reactive ketones (excluding diaryl/α,β-unsaturated/α-hetero) is 1. The summed E-state index contributed by atoms with van der Waals surface area (Å²) in [5.41, 5.74) is 3.28. The quantitative estimate of drug-likeness (QED) is 0.623. The molecule has 0 atom stereocenters. The number of rotatable bonds is 2. The molecule has 15 heavy (non-hydrogen) atoms. The third kappa shape index (κ3) is 2.39. The van der Waals surface area contributed by atoms with Crippen LogP contribution in [0.3, 0.4) is 0 Å². The highest BCUT2D eigenvalue weighted by atomic mass is 16.1. The lowest BCUT2D eigenvalue weighted by atomic mass is 9.70. The van der Waals surface area contributed by atoms with Gasteiger partial charge in [0.25, 0.3) is 0 Å². The van der Waals surface area contributed by atoms with Crippen LogP contribution < -0.4 is 0 Å². The molecule has 0 aromatic rings. The van der Waals surface area contributed by atoms with Crippen LogP contribution in [0.25, 0.3) is 0 Å². The van der Waals surface area contributed by atoms with Crippen LogP contribution in [-0.2, 0) is 4.79 Å². The van der Waals surface area contributed by atoms with Gasteiger partial charge in [-0.3, -0.25) is 4.79 Å². The molecule has 1 nitrogen and oxygen atoms in total. The van der Waals surface area contributed by atoms with Gasteiger partial charge in [-0.2, -0.15) is 0 Å². The van der Waals surface area contributed by atoms with Crippen LogP contribution in [0.2, 0.25) is 0 Å². The van der Waals surface area contributed by atoms with E-state index in [0.717, 1.165) is 24.0 Å². The lowest BCUT2D eigenvalue weighted by Gasteiger charge is -2.33. The van der Waals surface area contributed by atoms with Gasteiger partial charge in [0.05, 0.1) is 0 Å². The molecule has 0 spiro atoms. The number of carbonyl (C=O) groups excluding carboxylic acids is 1. The van der Waals surface area contributed by atoms with E-state index >= 15 is 0 Å². The monoisotopic (exact) mass is 206 g/mol. The molecule has 0 saturated carbocycles. The summed E-state index contributed by atoms with van der Waals surface area (Å²) in [6.07, 6.45) is 5.34. The minimum Gasteiger partial charge on any atom is -0.289 e. The van der Waals surface area contributed by atoms with Gasteiger partial charge in [0.2, 0.25) is 0 Å². The summed E-state index contributed by atoms with van der Waals surface area (Å²) in [6.45, 7) is 10.3. The fraction of sp³-hybridized carbons (Fsp3) is 0.643. The van der Waals surface area contributed by atoms with Gasteiger partial charge in [-0.1, -0.05) is 25.5 Å². The Labute approximate surface area is 93.3 Å². The van der Waals surface area contributed by atoms with E-state index in [4.69, 9.17) is 0 Å². The van der Waals surface area contributed by atoms with Gasteiger partial charge in [-0.05, 0) is 51.0 Å². The van der Waals surface area contributed by atoms with Gasteiger partial charge < -0.3 is 0 Å². The molecule has 1 aliphatic rings. The summed E-state index contributed by atoms with van der Waals surface area (Å²) in [4.78, 5) is 12.2. The van der Waals surface area contributed by atoms with Crippen LogP contribution >= 0.6 is 0 Å². The second kappa shape index (κ2) is 4.34. The predicted octanol–water partition coefficient (Wildman–Crippen LogP) is 4.05. The van der Waals surface area contributed by atoms with E-state index in [0.29, 0.717) is 0 Å². The Morgan fingerprint density at radius 2 is 2.00 bits per heavy atom. The third-order valence-corrected chi connectivity index (χ3v) is 3.48. The van der Waals surface area contributed by atoms with Crippen LogP contribution in [0.4, 0.5) is 0 Å². The maximum absolute atomic E-state index is 12.2. The second-order valence-electron chi connectivity index (χ2n) is 5.19. The van der Waals surface area contributed by atoms with Gasteiger partial charge in [0.1, 0.15) is 0 Å². The normalized spacial score (nSPS) is 21.8. The SMILES string of the molecule is CC=C(C)C(=O)C1=C(C)CCCC1(C)C. The molecular formula is C14H22O. The molecule has 0 saturated heterocycles. The van der Waals surface area contributed by atoms with Crippen molar-refractivity contribution in [1.82, 2.24) is 0 Å². The smallest absolute Gasteiger partial charge is 0.184 e. The Kier molecular flexibility index (Phi) is 3.54. The Balaban J connectivity index is 3.15. The van der Waals surface area contributed by atoms with Crippen molar-refractivity contribution in [3.8, 4) is 0 Å². The van der Waals surface area contributed by atoms with E-state index in [9.17, 15) is 4.79 Å². The summed E-state index contributed by atoms with van der Waals surface area (Å²) in [5.74, 6) is 0.250. The Morgan fingerprint density at radius 1 is 1.40 bits per heavy atom. The van der Waals surface area contributed by atoms with Crippen LogP contribution in [0.15, 0.2) is 22.8 Å². The van der Waals surface area contributed by atoms with Gasteiger partial charge in [-0.25, -0.2) is 0 Å². The van der Waals surface area contributed by atoms with Crippen LogP contribution in [0.1, 0.15) is 53.9 Å². The molecular weight excluding hydrogens is 184 g/mol. The molecule has 0 aromatic carbocycles.